The van der Waals surface area contributed by atoms with E-state index in [2.05, 4.69) is 29.8 Å². The summed E-state index contributed by atoms with van der Waals surface area (Å²) in [6.07, 6.45) is 0. The Morgan fingerprint density at radius 2 is 1.60 bits per heavy atom. The molecular formula is C19H22FN3O2. The minimum absolute atomic E-state index is 0.138. The summed E-state index contributed by atoms with van der Waals surface area (Å²) in [6, 6.07) is 13.0. The van der Waals surface area contributed by atoms with Crippen molar-refractivity contribution < 1.29 is 14.0 Å². The summed E-state index contributed by atoms with van der Waals surface area (Å²) < 4.78 is 12.8. The highest BCUT2D eigenvalue weighted by atomic mass is 19.1. The quantitative estimate of drug-likeness (QED) is 0.752. The van der Waals surface area contributed by atoms with Gasteiger partial charge in [-0.25, -0.2) is 9.18 Å². The third-order valence-electron chi connectivity index (χ3n) is 3.64. The van der Waals surface area contributed by atoms with Crippen molar-refractivity contribution in [1.82, 2.24) is 10.6 Å². The van der Waals surface area contributed by atoms with E-state index in [9.17, 15) is 14.0 Å². The first-order valence-electron chi connectivity index (χ1n) is 8.10. The maximum Gasteiger partial charge on any atom is 0.315 e. The number of benzene rings is 2. The lowest BCUT2D eigenvalue weighted by Crippen LogP contribution is -2.39. The SMILES string of the molecule is CC(C)c1ccc(NC(=O)CNC(=O)NCc2ccc(F)cc2)cc1. The summed E-state index contributed by atoms with van der Waals surface area (Å²) in [5.74, 6) is -0.211. The zero-order chi connectivity index (χ0) is 18.2. The van der Waals surface area contributed by atoms with Gasteiger partial charge in [0.2, 0.25) is 5.91 Å². The number of carbonyl (C=O) groups is 2. The van der Waals surface area contributed by atoms with Crippen LogP contribution in [-0.2, 0) is 11.3 Å². The fraction of sp³-hybridized carbons (Fsp3) is 0.263. The molecule has 25 heavy (non-hydrogen) atoms. The van der Waals surface area contributed by atoms with Crippen LogP contribution in [0.4, 0.5) is 14.9 Å². The number of nitrogens with one attached hydrogen (secondary N) is 3. The zero-order valence-corrected chi connectivity index (χ0v) is 14.3. The second-order valence-electron chi connectivity index (χ2n) is 5.99. The van der Waals surface area contributed by atoms with Gasteiger partial charge in [0.15, 0.2) is 0 Å². The number of urea groups is 1. The van der Waals surface area contributed by atoms with Crippen molar-refractivity contribution in [3.8, 4) is 0 Å². The third-order valence-corrected chi connectivity index (χ3v) is 3.64. The highest BCUT2D eigenvalue weighted by Gasteiger charge is 2.06. The van der Waals surface area contributed by atoms with E-state index in [0.717, 1.165) is 5.56 Å². The Labute approximate surface area is 146 Å². The maximum absolute atomic E-state index is 12.8. The van der Waals surface area contributed by atoms with E-state index < -0.39 is 6.03 Å². The highest BCUT2D eigenvalue weighted by molar-refractivity contribution is 5.94. The number of hydrogen-bond acceptors (Lipinski definition) is 2. The van der Waals surface area contributed by atoms with Crippen molar-refractivity contribution in [3.05, 3.63) is 65.5 Å². The van der Waals surface area contributed by atoms with Crippen molar-refractivity contribution in [2.75, 3.05) is 11.9 Å². The summed E-state index contributed by atoms with van der Waals surface area (Å²) >= 11 is 0. The predicted molar refractivity (Wildman–Crippen MR) is 95.8 cm³/mol. The Balaban J connectivity index is 1.71. The van der Waals surface area contributed by atoms with Gasteiger partial charge in [0.05, 0.1) is 6.54 Å². The molecule has 0 fully saturated rings. The molecule has 2 aromatic rings. The molecule has 0 bridgehead atoms. The molecule has 0 radical (unpaired) electrons. The van der Waals surface area contributed by atoms with E-state index in [-0.39, 0.29) is 24.8 Å². The second-order valence-corrected chi connectivity index (χ2v) is 5.99. The molecule has 0 aliphatic heterocycles. The molecule has 0 saturated heterocycles. The van der Waals surface area contributed by atoms with Crippen LogP contribution in [0.25, 0.3) is 0 Å². The Kier molecular flexibility index (Phi) is 6.51. The van der Waals surface area contributed by atoms with E-state index in [1.54, 1.807) is 12.1 Å². The number of hydrogen-bond donors (Lipinski definition) is 3. The molecule has 0 atom stereocenters. The van der Waals surface area contributed by atoms with Gasteiger partial charge < -0.3 is 16.0 Å². The van der Waals surface area contributed by atoms with Gasteiger partial charge in [-0.15, -0.1) is 0 Å². The standard InChI is InChI=1S/C19H22FN3O2/c1-13(2)15-5-9-17(10-6-15)23-18(24)12-22-19(25)21-11-14-3-7-16(20)8-4-14/h3-10,13H,11-12H2,1-2H3,(H,23,24)(H2,21,22,25). The van der Waals surface area contributed by atoms with Crippen molar-refractivity contribution in [2.24, 2.45) is 0 Å². The smallest absolute Gasteiger partial charge is 0.315 e. The summed E-state index contributed by atoms with van der Waals surface area (Å²) in [7, 11) is 0. The van der Waals surface area contributed by atoms with Gasteiger partial charge in [0.1, 0.15) is 5.82 Å². The van der Waals surface area contributed by atoms with Crippen molar-refractivity contribution >= 4 is 17.6 Å². The Bertz CT molecular complexity index is 712. The Morgan fingerprint density at radius 3 is 2.20 bits per heavy atom. The van der Waals surface area contributed by atoms with Gasteiger partial charge in [0.25, 0.3) is 0 Å². The molecule has 0 aliphatic carbocycles. The van der Waals surface area contributed by atoms with Crippen LogP contribution in [0.1, 0.15) is 30.9 Å². The molecular weight excluding hydrogens is 321 g/mol. The van der Waals surface area contributed by atoms with Crippen LogP contribution < -0.4 is 16.0 Å². The molecule has 6 heteroatoms. The first kappa shape index (κ1) is 18.4. The predicted octanol–water partition coefficient (Wildman–Crippen LogP) is 3.39. The summed E-state index contributed by atoms with van der Waals surface area (Å²) in [6.45, 7) is 4.32. The van der Waals surface area contributed by atoms with Gasteiger partial charge >= 0.3 is 6.03 Å². The Hall–Kier alpha value is -2.89. The second kappa shape index (κ2) is 8.82. The summed E-state index contributed by atoms with van der Waals surface area (Å²) in [5.41, 5.74) is 2.64. The first-order chi connectivity index (χ1) is 11.9. The summed E-state index contributed by atoms with van der Waals surface area (Å²) in [4.78, 5) is 23.5. The van der Waals surface area contributed by atoms with Crippen molar-refractivity contribution in [3.63, 3.8) is 0 Å². The van der Waals surface area contributed by atoms with Crippen LogP contribution in [0.5, 0.6) is 0 Å². The topological polar surface area (TPSA) is 70.2 Å². The molecule has 0 unspecified atom stereocenters. The van der Waals surface area contributed by atoms with Crippen LogP contribution in [0.2, 0.25) is 0 Å². The first-order valence-corrected chi connectivity index (χ1v) is 8.10. The van der Waals surface area contributed by atoms with E-state index in [0.29, 0.717) is 11.6 Å². The lowest BCUT2D eigenvalue weighted by Gasteiger charge is -2.10. The van der Waals surface area contributed by atoms with E-state index >= 15 is 0 Å². The van der Waals surface area contributed by atoms with Gasteiger partial charge in [-0.05, 0) is 41.3 Å². The molecule has 2 aromatic carbocycles. The van der Waals surface area contributed by atoms with Crippen LogP contribution in [0.3, 0.4) is 0 Å². The van der Waals surface area contributed by atoms with E-state index in [1.807, 2.05) is 24.3 Å². The van der Waals surface area contributed by atoms with Crippen LogP contribution in [0, 0.1) is 5.82 Å². The number of rotatable bonds is 6. The molecule has 0 heterocycles. The molecule has 3 N–H and O–H groups in total. The largest absolute Gasteiger partial charge is 0.334 e. The normalized spacial score (nSPS) is 10.4. The van der Waals surface area contributed by atoms with Crippen LogP contribution in [-0.4, -0.2) is 18.5 Å². The fourth-order valence-corrected chi connectivity index (χ4v) is 2.16. The third kappa shape index (κ3) is 6.25. The van der Waals surface area contributed by atoms with Crippen LogP contribution >= 0.6 is 0 Å². The number of anilines is 1. The van der Waals surface area contributed by atoms with Gasteiger partial charge in [0, 0.05) is 12.2 Å². The maximum atomic E-state index is 12.8. The molecule has 5 nitrogen and oxygen atoms in total. The summed E-state index contributed by atoms with van der Waals surface area (Å²) in [5, 5.41) is 7.80. The van der Waals surface area contributed by atoms with Crippen LogP contribution in [0.15, 0.2) is 48.5 Å². The average Bonchev–Trinajstić information content (AvgIpc) is 2.60. The fourth-order valence-electron chi connectivity index (χ4n) is 2.16. The molecule has 2 rings (SSSR count). The number of carbonyl (C=O) groups excluding carboxylic acids is 2. The Morgan fingerprint density at radius 1 is 0.960 bits per heavy atom. The monoisotopic (exact) mass is 343 g/mol. The highest BCUT2D eigenvalue weighted by Crippen LogP contribution is 2.16. The molecule has 0 aromatic heterocycles. The molecule has 132 valence electrons. The van der Waals surface area contributed by atoms with Gasteiger partial charge in [-0.2, -0.15) is 0 Å². The van der Waals surface area contributed by atoms with Crippen molar-refractivity contribution in [1.29, 1.82) is 0 Å². The molecule has 0 aliphatic rings. The van der Waals surface area contributed by atoms with Crippen molar-refractivity contribution in [2.45, 2.75) is 26.3 Å². The van der Waals surface area contributed by atoms with E-state index in [4.69, 9.17) is 0 Å². The molecule has 3 amide bonds. The van der Waals surface area contributed by atoms with Gasteiger partial charge in [-0.1, -0.05) is 38.1 Å². The number of amides is 3. The molecule has 0 saturated carbocycles. The number of halogens is 1. The van der Waals surface area contributed by atoms with E-state index in [1.165, 1.54) is 17.7 Å². The zero-order valence-electron chi connectivity index (χ0n) is 14.3. The minimum Gasteiger partial charge on any atom is -0.334 e. The lowest BCUT2D eigenvalue weighted by molar-refractivity contribution is -0.115. The minimum atomic E-state index is -0.463. The average molecular weight is 343 g/mol. The molecule has 0 spiro atoms. The lowest BCUT2D eigenvalue weighted by atomic mass is 10.0. The van der Waals surface area contributed by atoms with Gasteiger partial charge in [-0.3, -0.25) is 4.79 Å².